The predicted molar refractivity (Wildman–Crippen MR) is 79.8 cm³/mol. The standard InChI is InChI=1S/C16H28N2/c1-10(2)15(9-17)16(18-6)14-8-12(4)11(3)7-13(14)5/h7-8,10,15-16,18H,9,17H2,1-6H3. The van der Waals surface area contributed by atoms with Gasteiger partial charge in [-0.3, -0.25) is 0 Å². The zero-order chi connectivity index (χ0) is 13.9. The third-order valence-corrected chi connectivity index (χ3v) is 4.09. The van der Waals surface area contributed by atoms with Crippen molar-refractivity contribution in [3.63, 3.8) is 0 Å². The molecule has 2 unspecified atom stereocenters. The molecule has 18 heavy (non-hydrogen) atoms. The summed E-state index contributed by atoms with van der Waals surface area (Å²) in [5.41, 5.74) is 11.4. The number of nitrogens with one attached hydrogen (secondary N) is 1. The second kappa shape index (κ2) is 6.35. The highest BCUT2D eigenvalue weighted by molar-refractivity contribution is 5.38. The molecule has 0 aliphatic rings. The van der Waals surface area contributed by atoms with E-state index in [4.69, 9.17) is 5.73 Å². The van der Waals surface area contributed by atoms with E-state index in [0.29, 0.717) is 17.9 Å². The summed E-state index contributed by atoms with van der Waals surface area (Å²) < 4.78 is 0. The van der Waals surface area contributed by atoms with Gasteiger partial charge in [-0.05, 0) is 68.5 Å². The first kappa shape index (κ1) is 15.2. The average Bonchev–Trinajstić information content (AvgIpc) is 2.30. The second-order valence-electron chi connectivity index (χ2n) is 5.70. The number of aryl methyl sites for hydroxylation is 3. The molecule has 0 heterocycles. The summed E-state index contributed by atoms with van der Waals surface area (Å²) in [7, 11) is 2.03. The van der Waals surface area contributed by atoms with Gasteiger partial charge >= 0.3 is 0 Å². The first-order chi connectivity index (χ1) is 8.42. The first-order valence-electron chi connectivity index (χ1n) is 6.87. The van der Waals surface area contributed by atoms with Crippen LogP contribution in [0.4, 0.5) is 0 Å². The lowest BCUT2D eigenvalue weighted by atomic mass is 9.82. The Morgan fingerprint density at radius 1 is 1.06 bits per heavy atom. The van der Waals surface area contributed by atoms with E-state index in [1.807, 2.05) is 7.05 Å². The second-order valence-corrected chi connectivity index (χ2v) is 5.70. The molecular formula is C16H28N2. The van der Waals surface area contributed by atoms with E-state index in [0.717, 1.165) is 6.54 Å². The third-order valence-electron chi connectivity index (χ3n) is 4.09. The van der Waals surface area contributed by atoms with Gasteiger partial charge in [0.05, 0.1) is 0 Å². The van der Waals surface area contributed by atoms with E-state index in [9.17, 15) is 0 Å². The van der Waals surface area contributed by atoms with Crippen LogP contribution in [-0.4, -0.2) is 13.6 Å². The molecule has 1 rings (SSSR count). The van der Waals surface area contributed by atoms with Crippen LogP contribution in [-0.2, 0) is 0 Å². The van der Waals surface area contributed by atoms with Crippen molar-refractivity contribution in [1.82, 2.24) is 5.32 Å². The van der Waals surface area contributed by atoms with Crippen molar-refractivity contribution >= 4 is 0 Å². The van der Waals surface area contributed by atoms with Crippen molar-refractivity contribution in [2.75, 3.05) is 13.6 Å². The van der Waals surface area contributed by atoms with E-state index >= 15 is 0 Å². The van der Waals surface area contributed by atoms with Gasteiger partial charge < -0.3 is 11.1 Å². The number of rotatable bonds is 5. The fourth-order valence-corrected chi connectivity index (χ4v) is 2.71. The maximum atomic E-state index is 5.97. The van der Waals surface area contributed by atoms with Crippen LogP contribution in [0.15, 0.2) is 12.1 Å². The van der Waals surface area contributed by atoms with Crippen LogP contribution in [0.1, 0.15) is 42.1 Å². The Hall–Kier alpha value is -0.860. The highest BCUT2D eigenvalue weighted by Crippen LogP contribution is 2.30. The quantitative estimate of drug-likeness (QED) is 0.840. The number of benzene rings is 1. The number of hydrogen-bond acceptors (Lipinski definition) is 2. The molecule has 0 spiro atoms. The molecule has 3 N–H and O–H groups in total. The Kier molecular flexibility index (Phi) is 5.36. The van der Waals surface area contributed by atoms with Crippen molar-refractivity contribution in [3.05, 3.63) is 34.4 Å². The summed E-state index contributed by atoms with van der Waals surface area (Å²) in [5, 5.41) is 3.46. The lowest BCUT2D eigenvalue weighted by molar-refractivity contribution is 0.298. The van der Waals surface area contributed by atoms with E-state index in [2.05, 4.69) is 52.1 Å². The lowest BCUT2D eigenvalue weighted by Crippen LogP contribution is -2.34. The Labute approximate surface area is 112 Å². The fraction of sp³-hybridized carbons (Fsp3) is 0.625. The molecule has 0 saturated carbocycles. The van der Waals surface area contributed by atoms with Crippen LogP contribution in [0.25, 0.3) is 0 Å². The Balaban J connectivity index is 3.20. The lowest BCUT2D eigenvalue weighted by Gasteiger charge is -2.31. The first-order valence-corrected chi connectivity index (χ1v) is 6.87. The van der Waals surface area contributed by atoms with Gasteiger partial charge in [-0.1, -0.05) is 26.0 Å². The summed E-state index contributed by atoms with van der Waals surface area (Å²) in [6.45, 7) is 11.8. The van der Waals surface area contributed by atoms with Crippen molar-refractivity contribution in [2.24, 2.45) is 17.6 Å². The summed E-state index contributed by atoms with van der Waals surface area (Å²) in [5.74, 6) is 1.05. The van der Waals surface area contributed by atoms with Crippen molar-refractivity contribution in [1.29, 1.82) is 0 Å². The van der Waals surface area contributed by atoms with Crippen LogP contribution in [0, 0.1) is 32.6 Å². The molecule has 0 fully saturated rings. The molecule has 102 valence electrons. The van der Waals surface area contributed by atoms with E-state index in [1.165, 1.54) is 22.3 Å². The van der Waals surface area contributed by atoms with Crippen LogP contribution in [0.5, 0.6) is 0 Å². The van der Waals surface area contributed by atoms with E-state index < -0.39 is 0 Å². The zero-order valence-corrected chi connectivity index (χ0v) is 12.7. The minimum atomic E-state index is 0.342. The van der Waals surface area contributed by atoms with Crippen LogP contribution in [0.2, 0.25) is 0 Å². The molecule has 2 atom stereocenters. The van der Waals surface area contributed by atoms with Gasteiger partial charge in [0.25, 0.3) is 0 Å². The van der Waals surface area contributed by atoms with Gasteiger partial charge in [0.2, 0.25) is 0 Å². The molecule has 1 aromatic carbocycles. The Morgan fingerprint density at radius 3 is 2.06 bits per heavy atom. The molecule has 1 aromatic rings. The Bertz CT molecular complexity index is 396. The fourth-order valence-electron chi connectivity index (χ4n) is 2.71. The maximum Gasteiger partial charge on any atom is 0.0363 e. The molecule has 2 nitrogen and oxygen atoms in total. The highest BCUT2D eigenvalue weighted by atomic mass is 14.9. The van der Waals surface area contributed by atoms with Gasteiger partial charge in [-0.15, -0.1) is 0 Å². The van der Waals surface area contributed by atoms with Gasteiger partial charge in [0.15, 0.2) is 0 Å². The van der Waals surface area contributed by atoms with Crippen molar-refractivity contribution in [2.45, 2.75) is 40.7 Å². The zero-order valence-electron chi connectivity index (χ0n) is 12.7. The van der Waals surface area contributed by atoms with Gasteiger partial charge in [-0.2, -0.15) is 0 Å². The molecular weight excluding hydrogens is 220 g/mol. The van der Waals surface area contributed by atoms with Crippen LogP contribution >= 0.6 is 0 Å². The summed E-state index contributed by atoms with van der Waals surface area (Å²) >= 11 is 0. The average molecular weight is 248 g/mol. The molecule has 2 heteroatoms. The van der Waals surface area contributed by atoms with Crippen molar-refractivity contribution < 1.29 is 0 Å². The monoisotopic (exact) mass is 248 g/mol. The van der Waals surface area contributed by atoms with E-state index in [1.54, 1.807) is 0 Å². The summed E-state index contributed by atoms with van der Waals surface area (Å²) in [6, 6.07) is 4.94. The largest absolute Gasteiger partial charge is 0.330 e. The summed E-state index contributed by atoms with van der Waals surface area (Å²) in [6.07, 6.45) is 0. The smallest absolute Gasteiger partial charge is 0.0363 e. The number of hydrogen-bond donors (Lipinski definition) is 2. The predicted octanol–water partition coefficient (Wildman–Crippen LogP) is 3.10. The molecule has 0 radical (unpaired) electrons. The van der Waals surface area contributed by atoms with Crippen molar-refractivity contribution in [3.8, 4) is 0 Å². The van der Waals surface area contributed by atoms with Gasteiger partial charge in [-0.25, -0.2) is 0 Å². The highest BCUT2D eigenvalue weighted by Gasteiger charge is 2.24. The normalized spacial score (nSPS) is 14.9. The Morgan fingerprint density at radius 2 is 1.61 bits per heavy atom. The molecule has 0 saturated heterocycles. The SMILES string of the molecule is CNC(c1cc(C)c(C)cc1C)C(CN)C(C)C. The van der Waals surface area contributed by atoms with Gasteiger partial charge in [0.1, 0.15) is 0 Å². The van der Waals surface area contributed by atoms with Crippen LogP contribution in [0.3, 0.4) is 0 Å². The molecule has 0 bridgehead atoms. The van der Waals surface area contributed by atoms with Gasteiger partial charge in [0, 0.05) is 6.04 Å². The maximum absolute atomic E-state index is 5.97. The molecule has 0 aliphatic carbocycles. The van der Waals surface area contributed by atoms with E-state index in [-0.39, 0.29) is 0 Å². The third kappa shape index (κ3) is 3.12. The summed E-state index contributed by atoms with van der Waals surface area (Å²) in [4.78, 5) is 0. The topological polar surface area (TPSA) is 38.0 Å². The molecule has 0 aliphatic heterocycles. The van der Waals surface area contributed by atoms with Crippen LogP contribution < -0.4 is 11.1 Å². The molecule has 0 amide bonds. The number of nitrogens with two attached hydrogens (primary N) is 1. The minimum absolute atomic E-state index is 0.342. The molecule has 0 aromatic heterocycles. The minimum Gasteiger partial charge on any atom is -0.330 e.